The van der Waals surface area contributed by atoms with E-state index in [1.165, 1.54) is 18.2 Å². The van der Waals surface area contributed by atoms with Crippen LogP contribution in [-0.4, -0.2) is 79.5 Å². The highest BCUT2D eigenvalue weighted by Gasteiger charge is 2.59. The lowest BCUT2D eigenvalue weighted by Crippen LogP contribution is -2.49. The van der Waals surface area contributed by atoms with Crippen LogP contribution >= 0.6 is 0 Å². The summed E-state index contributed by atoms with van der Waals surface area (Å²) in [6.45, 7) is 7.48. The van der Waals surface area contributed by atoms with Crippen molar-refractivity contribution in [2.45, 2.75) is 25.8 Å². The van der Waals surface area contributed by atoms with Crippen molar-refractivity contribution >= 4 is 18.0 Å². The standard InChI is InChI=1S/C30H37N3O3/c1-36-29(35)26-11-9-25(10-12-26)23-32-16-13-30(14-17-32)22-27(30)28(34)33-20-18-31(19-21-33)15-5-8-24-6-3-2-4-7-24/h2-12,27H,13-23H2,1H3/b8-5+. The van der Waals surface area contributed by atoms with Gasteiger partial charge < -0.3 is 9.64 Å². The second kappa shape index (κ2) is 11.0. The lowest BCUT2D eigenvalue weighted by molar-refractivity contribution is -0.135. The van der Waals surface area contributed by atoms with Crippen LogP contribution < -0.4 is 0 Å². The highest BCUT2D eigenvalue weighted by atomic mass is 16.5. The molecule has 36 heavy (non-hydrogen) atoms. The number of piperazine rings is 1. The Morgan fingerprint density at radius 3 is 2.28 bits per heavy atom. The van der Waals surface area contributed by atoms with E-state index < -0.39 is 0 Å². The smallest absolute Gasteiger partial charge is 0.337 e. The summed E-state index contributed by atoms with van der Waals surface area (Å²) in [5, 5.41) is 0. The number of carbonyl (C=O) groups excluding carboxylic acids is 2. The van der Waals surface area contributed by atoms with Crippen LogP contribution in [0.1, 0.15) is 40.7 Å². The minimum absolute atomic E-state index is 0.225. The van der Waals surface area contributed by atoms with Crippen LogP contribution in [0.5, 0.6) is 0 Å². The van der Waals surface area contributed by atoms with E-state index in [2.05, 4.69) is 51.1 Å². The number of likely N-dealkylation sites (tertiary alicyclic amines) is 1. The molecule has 0 bridgehead atoms. The van der Waals surface area contributed by atoms with Gasteiger partial charge in [0.25, 0.3) is 0 Å². The quantitative estimate of drug-likeness (QED) is 0.554. The molecule has 5 rings (SSSR count). The van der Waals surface area contributed by atoms with Crippen molar-refractivity contribution in [3.05, 3.63) is 77.4 Å². The lowest BCUT2D eigenvalue weighted by Gasteiger charge is -2.36. The molecular formula is C30H37N3O3. The van der Waals surface area contributed by atoms with E-state index in [-0.39, 0.29) is 17.3 Å². The number of piperidine rings is 1. The van der Waals surface area contributed by atoms with Crippen molar-refractivity contribution in [1.29, 1.82) is 0 Å². The topological polar surface area (TPSA) is 53.1 Å². The number of amides is 1. The SMILES string of the molecule is COC(=O)c1ccc(CN2CCC3(CC2)CC3C(=O)N2CCN(C/C=C/c3ccccc3)CC2)cc1. The molecule has 1 atom stereocenters. The fraction of sp³-hybridized carbons (Fsp3) is 0.467. The van der Waals surface area contributed by atoms with E-state index in [4.69, 9.17) is 4.74 Å². The molecule has 0 aromatic heterocycles. The van der Waals surface area contributed by atoms with Gasteiger partial charge in [0, 0.05) is 45.2 Å². The Hall–Kier alpha value is -2.96. The Morgan fingerprint density at radius 1 is 0.917 bits per heavy atom. The number of benzene rings is 2. The third-order valence-electron chi connectivity index (χ3n) is 8.28. The van der Waals surface area contributed by atoms with E-state index in [1.54, 1.807) is 0 Å². The molecule has 0 radical (unpaired) electrons. The Balaban J connectivity index is 1.04. The fourth-order valence-corrected chi connectivity index (χ4v) is 5.80. The second-order valence-electron chi connectivity index (χ2n) is 10.5. The normalized spacial score (nSPS) is 22.1. The predicted octanol–water partition coefficient (Wildman–Crippen LogP) is 3.93. The average Bonchev–Trinajstić information content (AvgIpc) is 3.63. The summed E-state index contributed by atoms with van der Waals surface area (Å²) in [6, 6.07) is 18.1. The molecule has 0 N–H and O–H groups in total. The summed E-state index contributed by atoms with van der Waals surface area (Å²) < 4.78 is 4.78. The third kappa shape index (κ3) is 5.71. The first-order chi connectivity index (χ1) is 17.6. The van der Waals surface area contributed by atoms with Gasteiger partial charge in [-0.15, -0.1) is 0 Å². The minimum Gasteiger partial charge on any atom is -0.465 e. The maximum absolute atomic E-state index is 13.3. The monoisotopic (exact) mass is 487 g/mol. The van der Waals surface area contributed by atoms with Crippen LogP contribution in [0.2, 0.25) is 0 Å². The summed E-state index contributed by atoms with van der Waals surface area (Å²) in [5.41, 5.74) is 3.26. The molecule has 2 heterocycles. The number of hydrogen-bond acceptors (Lipinski definition) is 5. The molecule has 3 fully saturated rings. The molecule has 1 amide bonds. The number of ether oxygens (including phenoxy) is 1. The zero-order valence-corrected chi connectivity index (χ0v) is 21.3. The van der Waals surface area contributed by atoms with E-state index in [0.29, 0.717) is 11.5 Å². The zero-order chi connectivity index (χ0) is 25.0. The van der Waals surface area contributed by atoms with Gasteiger partial charge in [-0.25, -0.2) is 4.79 Å². The molecule has 2 saturated heterocycles. The van der Waals surface area contributed by atoms with Gasteiger partial charge in [-0.05, 0) is 61.0 Å². The first-order valence-electron chi connectivity index (χ1n) is 13.2. The van der Waals surface area contributed by atoms with Crippen molar-refractivity contribution in [2.24, 2.45) is 11.3 Å². The molecule has 1 saturated carbocycles. The Bertz CT molecular complexity index is 1070. The number of carbonyl (C=O) groups is 2. The molecular weight excluding hydrogens is 450 g/mol. The molecule has 1 unspecified atom stereocenters. The van der Waals surface area contributed by atoms with Crippen molar-refractivity contribution < 1.29 is 14.3 Å². The highest BCUT2D eigenvalue weighted by molar-refractivity contribution is 5.89. The van der Waals surface area contributed by atoms with Crippen LogP contribution in [0.3, 0.4) is 0 Å². The molecule has 6 heteroatoms. The van der Waals surface area contributed by atoms with Gasteiger partial charge in [0.1, 0.15) is 0 Å². The van der Waals surface area contributed by atoms with Gasteiger partial charge >= 0.3 is 5.97 Å². The summed E-state index contributed by atoms with van der Waals surface area (Å²) in [4.78, 5) is 31.9. The van der Waals surface area contributed by atoms with Crippen molar-refractivity contribution in [2.75, 3.05) is 52.9 Å². The molecule has 2 aromatic carbocycles. The maximum Gasteiger partial charge on any atom is 0.337 e. The Kier molecular flexibility index (Phi) is 7.54. The van der Waals surface area contributed by atoms with Crippen LogP contribution in [0.4, 0.5) is 0 Å². The molecule has 2 aromatic rings. The third-order valence-corrected chi connectivity index (χ3v) is 8.28. The molecule has 1 spiro atoms. The number of rotatable bonds is 7. The van der Waals surface area contributed by atoms with E-state index in [9.17, 15) is 9.59 Å². The van der Waals surface area contributed by atoms with E-state index in [0.717, 1.165) is 71.6 Å². The van der Waals surface area contributed by atoms with E-state index in [1.807, 2.05) is 30.3 Å². The minimum atomic E-state index is -0.299. The summed E-state index contributed by atoms with van der Waals surface area (Å²) >= 11 is 0. The molecule has 1 aliphatic carbocycles. The summed E-state index contributed by atoms with van der Waals surface area (Å²) in [7, 11) is 1.40. The summed E-state index contributed by atoms with van der Waals surface area (Å²) in [5.74, 6) is 0.317. The fourth-order valence-electron chi connectivity index (χ4n) is 5.80. The number of nitrogens with zero attached hydrogens (tertiary/aromatic N) is 3. The van der Waals surface area contributed by atoms with Crippen LogP contribution in [-0.2, 0) is 16.1 Å². The van der Waals surface area contributed by atoms with Crippen LogP contribution in [0.15, 0.2) is 60.7 Å². The number of hydrogen-bond donors (Lipinski definition) is 0. The van der Waals surface area contributed by atoms with Gasteiger partial charge in [0.2, 0.25) is 5.91 Å². The Labute approximate surface area is 214 Å². The van der Waals surface area contributed by atoms with Gasteiger partial charge in [-0.2, -0.15) is 0 Å². The first kappa shape index (κ1) is 24.7. The van der Waals surface area contributed by atoms with Crippen molar-refractivity contribution in [3.8, 4) is 0 Å². The van der Waals surface area contributed by atoms with Crippen molar-refractivity contribution in [3.63, 3.8) is 0 Å². The van der Waals surface area contributed by atoms with Gasteiger partial charge in [-0.3, -0.25) is 14.6 Å². The average molecular weight is 488 g/mol. The van der Waals surface area contributed by atoms with E-state index >= 15 is 0 Å². The highest BCUT2D eigenvalue weighted by Crippen LogP contribution is 2.60. The van der Waals surface area contributed by atoms with Crippen molar-refractivity contribution in [1.82, 2.24) is 14.7 Å². The Morgan fingerprint density at radius 2 is 1.61 bits per heavy atom. The van der Waals surface area contributed by atoms with Crippen LogP contribution in [0.25, 0.3) is 6.08 Å². The molecule has 190 valence electrons. The maximum atomic E-state index is 13.3. The second-order valence-corrected chi connectivity index (χ2v) is 10.5. The first-order valence-corrected chi connectivity index (χ1v) is 13.2. The summed E-state index contributed by atoms with van der Waals surface area (Å²) in [6.07, 6.45) is 7.68. The largest absolute Gasteiger partial charge is 0.465 e. The van der Waals surface area contributed by atoms with Crippen LogP contribution in [0, 0.1) is 11.3 Å². The zero-order valence-electron chi connectivity index (χ0n) is 21.3. The predicted molar refractivity (Wildman–Crippen MR) is 141 cm³/mol. The lowest BCUT2D eigenvalue weighted by atomic mass is 9.90. The molecule has 3 aliphatic rings. The number of methoxy groups -OCH3 is 1. The molecule has 6 nitrogen and oxygen atoms in total. The van der Waals surface area contributed by atoms with Gasteiger partial charge in [0.05, 0.1) is 12.7 Å². The molecule has 2 aliphatic heterocycles. The van der Waals surface area contributed by atoms with Gasteiger partial charge in [0.15, 0.2) is 0 Å². The number of esters is 1. The van der Waals surface area contributed by atoms with Gasteiger partial charge in [-0.1, -0.05) is 54.6 Å².